The van der Waals surface area contributed by atoms with E-state index in [4.69, 9.17) is 9.40 Å². The molecule has 1 aliphatic carbocycles. The first kappa shape index (κ1) is 22.9. The predicted octanol–water partition coefficient (Wildman–Crippen LogP) is 4.99. The van der Waals surface area contributed by atoms with Crippen LogP contribution in [-0.2, 0) is 4.79 Å². The van der Waals surface area contributed by atoms with Crippen LogP contribution in [0, 0.1) is 12.8 Å². The molecule has 1 aromatic carbocycles. The third-order valence-corrected chi connectivity index (χ3v) is 6.83. The Bertz CT molecular complexity index is 1350. The van der Waals surface area contributed by atoms with Crippen LogP contribution in [-0.4, -0.2) is 34.3 Å². The van der Waals surface area contributed by atoms with Gasteiger partial charge >= 0.3 is 0 Å². The second-order valence-electron chi connectivity index (χ2n) is 9.30. The maximum Gasteiger partial charge on any atom is 0.287 e. The van der Waals surface area contributed by atoms with Gasteiger partial charge in [-0.2, -0.15) is 0 Å². The van der Waals surface area contributed by atoms with Gasteiger partial charge in [0.15, 0.2) is 5.76 Å². The van der Waals surface area contributed by atoms with E-state index >= 15 is 0 Å². The molecule has 1 fully saturated rings. The molecule has 7 heteroatoms. The third kappa shape index (κ3) is 4.85. The summed E-state index contributed by atoms with van der Waals surface area (Å²) in [4.78, 5) is 30.1. The molecule has 7 nitrogen and oxygen atoms in total. The van der Waals surface area contributed by atoms with Crippen molar-refractivity contribution < 1.29 is 14.0 Å². The topological polar surface area (TPSA) is 88.6 Å². The number of pyridine rings is 1. The molecule has 1 saturated carbocycles. The zero-order chi connectivity index (χ0) is 24.4. The Morgan fingerprint density at radius 2 is 1.71 bits per heavy atom. The van der Waals surface area contributed by atoms with Crippen LogP contribution in [0.15, 0.2) is 65.3 Å². The van der Waals surface area contributed by atoms with Gasteiger partial charge in [-0.05, 0) is 49.4 Å². The fourth-order valence-electron chi connectivity index (χ4n) is 4.90. The molecule has 180 valence electrons. The number of aryl methyl sites for hydroxylation is 1. The number of aromatic nitrogens is 2. The van der Waals surface area contributed by atoms with E-state index in [1.165, 1.54) is 12.0 Å². The molecule has 0 radical (unpaired) electrons. The van der Waals surface area contributed by atoms with Gasteiger partial charge in [0.1, 0.15) is 17.4 Å². The minimum atomic E-state index is -0.546. The highest BCUT2D eigenvalue weighted by atomic mass is 16.4. The van der Waals surface area contributed by atoms with Crippen molar-refractivity contribution in [3.05, 3.63) is 72.2 Å². The van der Waals surface area contributed by atoms with Gasteiger partial charge in [-0.1, -0.05) is 49.6 Å². The second-order valence-corrected chi connectivity index (χ2v) is 9.30. The Morgan fingerprint density at radius 3 is 2.46 bits per heavy atom. The van der Waals surface area contributed by atoms with Crippen LogP contribution >= 0.6 is 0 Å². The molecule has 2 N–H and O–H groups in total. The van der Waals surface area contributed by atoms with Gasteiger partial charge in [0.05, 0.1) is 5.69 Å². The fourth-order valence-corrected chi connectivity index (χ4v) is 4.90. The molecule has 3 aromatic heterocycles. The number of furan rings is 1. The Morgan fingerprint density at radius 1 is 0.971 bits per heavy atom. The number of amides is 2. The van der Waals surface area contributed by atoms with E-state index < -0.39 is 6.04 Å². The normalized spacial score (nSPS) is 15.1. The van der Waals surface area contributed by atoms with E-state index in [9.17, 15) is 9.59 Å². The molecule has 3 heterocycles. The van der Waals surface area contributed by atoms with Crippen LogP contribution in [0.2, 0.25) is 0 Å². The van der Waals surface area contributed by atoms with Crippen LogP contribution in [0.5, 0.6) is 0 Å². The zero-order valence-electron chi connectivity index (χ0n) is 20.1. The Balaban J connectivity index is 1.31. The monoisotopic (exact) mass is 470 g/mol. The number of carbonyl (C=O) groups is 2. The second kappa shape index (κ2) is 9.78. The maximum atomic E-state index is 12.9. The number of fused-ring (bicyclic) bond motifs is 1. The molecule has 0 aliphatic heterocycles. The fraction of sp³-hybridized carbons (Fsp3) is 0.321. The zero-order valence-corrected chi connectivity index (χ0v) is 20.1. The summed E-state index contributed by atoms with van der Waals surface area (Å²) in [6.45, 7) is 2.06. The van der Waals surface area contributed by atoms with Crippen molar-refractivity contribution in [2.45, 2.75) is 45.1 Å². The summed E-state index contributed by atoms with van der Waals surface area (Å²) < 4.78 is 7.90. The van der Waals surface area contributed by atoms with Gasteiger partial charge < -0.3 is 19.5 Å². The molecular formula is C28H30N4O3. The smallest absolute Gasteiger partial charge is 0.287 e. The summed E-state index contributed by atoms with van der Waals surface area (Å²) in [5, 5.41) is 5.60. The lowest BCUT2D eigenvalue weighted by atomic mass is 9.83. The predicted molar refractivity (Wildman–Crippen MR) is 135 cm³/mol. The van der Waals surface area contributed by atoms with Crippen LogP contribution in [0.3, 0.4) is 0 Å². The average molecular weight is 471 g/mol. The van der Waals surface area contributed by atoms with Gasteiger partial charge in [0.2, 0.25) is 5.91 Å². The molecule has 0 bridgehead atoms. The molecule has 0 spiro atoms. The highest BCUT2D eigenvalue weighted by Gasteiger charge is 2.31. The van der Waals surface area contributed by atoms with Crippen molar-refractivity contribution in [1.82, 2.24) is 20.0 Å². The highest BCUT2D eigenvalue weighted by molar-refractivity contribution is 5.96. The quantitative estimate of drug-likeness (QED) is 0.415. The van der Waals surface area contributed by atoms with Crippen LogP contribution in [0.25, 0.3) is 28.2 Å². The van der Waals surface area contributed by atoms with Crippen LogP contribution < -0.4 is 10.6 Å². The van der Waals surface area contributed by atoms with Crippen molar-refractivity contribution in [2.75, 3.05) is 7.05 Å². The number of imidazole rings is 1. The number of nitrogens with one attached hydrogen (secondary N) is 2. The largest absolute Gasteiger partial charge is 0.451 e. The molecule has 4 aromatic rings. The van der Waals surface area contributed by atoms with E-state index in [0.717, 1.165) is 48.2 Å². The minimum absolute atomic E-state index is 0.151. The summed E-state index contributed by atoms with van der Waals surface area (Å²) >= 11 is 0. The first-order valence-corrected chi connectivity index (χ1v) is 12.2. The summed E-state index contributed by atoms with van der Waals surface area (Å²) in [5.74, 6) is 0.422. The number of carbonyl (C=O) groups excluding carboxylic acids is 2. The van der Waals surface area contributed by atoms with Crippen molar-refractivity contribution in [1.29, 1.82) is 0 Å². The third-order valence-electron chi connectivity index (χ3n) is 6.83. The molecular weight excluding hydrogens is 440 g/mol. The minimum Gasteiger partial charge on any atom is -0.451 e. The van der Waals surface area contributed by atoms with Crippen LogP contribution in [0.4, 0.5) is 0 Å². The average Bonchev–Trinajstić information content (AvgIpc) is 3.55. The molecule has 5 rings (SSSR count). The van der Waals surface area contributed by atoms with Gasteiger partial charge in [-0.15, -0.1) is 0 Å². The number of rotatable bonds is 6. The van der Waals surface area contributed by atoms with Crippen molar-refractivity contribution >= 4 is 17.5 Å². The summed E-state index contributed by atoms with van der Waals surface area (Å²) in [6, 6.07) is 14.9. The van der Waals surface area contributed by atoms with E-state index in [0.29, 0.717) is 5.76 Å². The number of hydrogen-bond donors (Lipinski definition) is 2. The van der Waals surface area contributed by atoms with Gasteiger partial charge in [0.25, 0.3) is 5.91 Å². The van der Waals surface area contributed by atoms with E-state index in [2.05, 4.69) is 23.8 Å². The number of likely N-dealkylation sites (N-methyl/N-ethyl adjacent to an activating group) is 1. The van der Waals surface area contributed by atoms with E-state index in [1.807, 2.05) is 47.0 Å². The molecule has 1 aliphatic rings. The van der Waals surface area contributed by atoms with E-state index in [-0.39, 0.29) is 23.5 Å². The van der Waals surface area contributed by atoms with Gasteiger partial charge in [0, 0.05) is 30.6 Å². The van der Waals surface area contributed by atoms with Gasteiger partial charge in [-0.3, -0.25) is 9.59 Å². The lowest BCUT2D eigenvalue weighted by Crippen LogP contribution is -2.50. The van der Waals surface area contributed by atoms with E-state index in [1.54, 1.807) is 19.2 Å². The van der Waals surface area contributed by atoms with Crippen molar-refractivity contribution in [2.24, 2.45) is 5.92 Å². The Hall–Kier alpha value is -3.87. The summed E-state index contributed by atoms with van der Waals surface area (Å²) in [5.41, 5.74) is 4.84. The maximum absolute atomic E-state index is 12.9. The lowest BCUT2D eigenvalue weighted by Gasteiger charge is -2.29. The first-order chi connectivity index (χ1) is 17.0. The Kier molecular flexibility index (Phi) is 6.40. The summed E-state index contributed by atoms with van der Waals surface area (Å²) in [6.07, 6.45) is 9.32. The molecule has 0 saturated heterocycles. The number of benzene rings is 1. The highest BCUT2D eigenvalue weighted by Crippen LogP contribution is 2.28. The number of nitrogens with zero attached hydrogens (tertiary/aromatic N) is 2. The first-order valence-electron chi connectivity index (χ1n) is 12.2. The van der Waals surface area contributed by atoms with Crippen molar-refractivity contribution in [3.8, 4) is 22.6 Å². The van der Waals surface area contributed by atoms with Crippen LogP contribution in [0.1, 0.15) is 48.2 Å². The van der Waals surface area contributed by atoms with Crippen molar-refractivity contribution in [3.63, 3.8) is 0 Å². The van der Waals surface area contributed by atoms with Gasteiger partial charge in [-0.25, -0.2) is 4.98 Å². The summed E-state index contributed by atoms with van der Waals surface area (Å²) in [7, 11) is 1.60. The lowest BCUT2D eigenvalue weighted by molar-refractivity contribution is -0.124. The SMILES string of the molecule is CNC(=O)C(NC(=O)c1ccc(-c2ccc(-c3cn4cc(C)ccc4n3)cc2)o1)C1CCCCC1. The molecule has 2 amide bonds. The molecule has 35 heavy (non-hydrogen) atoms. The molecule has 1 unspecified atom stereocenters. The number of hydrogen-bond acceptors (Lipinski definition) is 4. The Labute approximate surface area is 204 Å². The standard InChI is InChI=1S/C28H30N4O3/c1-18-8-15-25-30-22(17-32(25)16-18)19-9-11-20(12-10-19)23-13-14-24(35-23)27(33)31-26(28(34)29-2)21-6-4-3-5-7-21/h8-17,21,26H,3-7H2,1-2H3,(H,29,34)(H,31,33). The molecule has 1 atom stereocenters.